The van der Waals surface area contributed by atoms with Gasteiger partial charge in [0.15, 0.2) is 0 Å². The van der Waals surface area contributed by atoms with Crippen molar-refractivity contribution in [2.24, 2.45) is 5.10 Å². The summed E-state index contributed by atoms with van der Waals surface area (Å²) in [4.78, 5) is 31.4. The van der Waals surface area contributed by atoms with Crippen LogP contribution >= 0.6 is 0 Å². The third kappa shape index (κ3) is 7.17. The first-order valence-electron chi connectivity index (χ1n) is 14.5. The maximum atomic E-state index is 14.1. The lowest BCUT2D eigenvalue weighted by atomic mass is 9.97. The van der Waals surface area contributed by atoms with E-state index in [-0.39, 0.29) is 24.6 Å². The second kappa shape index (κ2) is 14.3. The summed E-state index contributed by atoms with van der Waals surface area (Å²) in [6.45, 7) is 3.30. The SMILES string of the molecule is COc1ccc([C@@H]2CC(c3ccc(OC)cc3OC)=NN2C(=O)CN(CCN2CCOCC2)C(=O)c2cccc(F)c2)cc1. The molecule has 0 bridgehead atoms. The van der Waals surface area contributed by atoms with Crippen LogP contribution in [0.4, 0.5) is 4.39 Å². The second-order valence-corrected chi connectivity index (χ2v) is 10.5. The summed E-state index contributed by atoms with van der Waals surface area (Å²) in [6, 6.07) is 18.0. The lowest BCUT2D eigenvalue weighted by molar-refractivity contribution is -0.133. The van der Waals surface area contributed by atoms with Gasteiger partial charge < -0.3 is 23.8 Å². The van der Waals surface area contributed by atoms with E-state index in [1.807, 2.05) is 36.4 Å². The van der Waals surface area contributed by atoms with Gasteiger partial charge in [0.1, 0.15) is 29.6 Å². The molecule has 0 radical (unpaired) electrons. The van der Waals surface area contributed by atoms with Crippen molar-refractivity contribution in [2.75, 3.05) is 67.3 Å². The smallest absolute Gasteiger partial charge is 0.262 e. The number of methoxy groups -OCH3 is 3. The molecule has 11 heteroatoms. The van der Waals surface area contributed by atoms with Crippen molar-refractivity contribution < 1.29 is 32.9 Å². The Morgan fingerprint density at radius 2 is 1.68 bits per heavy atom. The third-order valence-corrected chi connectivity index (χ3v) is 7.86. The van der Waals surface area contributed by atoms with Crippen LogP contribution < -0.4 is 14.2 Å². The van der Waals surface area contributed by atoms with Gasteiger partial charge in [0.2, 0.25) is 0 Å². The Hall–Kier alpha value is -4.48. The molecule has 1 saturated heterocycles. The summed E-state index contributed by atoms with van der Waals surface area (Å²) >= 11 is 0. The van der Waals surface area contributed by atoms with Crippen molar-refractivity contribution >= 4 is 17.5 Å². The first kappa shape index (κ1) is 31.0. The molecule has 0 spiro atoms. The molecule has 2 aliphatic heterocycles. The highest BCUT2D eigenvalue weighted by molar-refractivity contribution is 6.05. The Kier molecular flexibility index (Phi) is 10.1. The number of carbonyl (C=O) groups is 2. The zero-order valence-corrected chi connectivity index (χ0v) is 25.2. The second-order valence-electron chi connectivity index (χ2n) is 10.5. The first-order valence-corrected chi connectivity index (χ1v) is 14.5. The van der Waals surface area contributed by atoms with Gasteiger partial charge in [-0.25, -0.2) is 9.40 Å². The van der Waals surface area contributed by atoms with Crippen molar-refractivity contribution in [3.63, 3.8) is 0 Å². The molecular weight excluding hydrogens is 567 g/mol. The average molecular weight is 605 g/mol. The lowest BCUT2D eigenvalue weighted by Crippen LogP contribution is -2.46. The number of nitrogens with zero attached hydrogens (tertiary/aromatic N) is 4. The topological polar surface area (TPSA) is 93.1 Å². The lowest BCUT2D eigenvalue weighted by Gasteiger charge is -2.31. The minimum absolute atomic E-state index is 0.181. The van der Waals surface area contributed by atoms with E-state index in [1.54, 1.807) is 33.5 Å². The van der Waals surface area contributed by atoms with Gasteiger partial charge in [-0.2, -0.15) is 5.10 Å². The van der Waals surface area contributed by atoms with Gasteiger partial charge in [-0.05, 0) is 48.0 Å². The molecule has 0 N–H and O–H groups in total. The number of hydrogen-bond donors (Lipinski definition) is 0. The van der Waals surface area contributed by atoms with Gasteiger partial charge in [-0.1, -0.05) is 18.2 Å². The largest absolute Gasteiger partial charge is 0.497 e. The maximum absolute atomic E-state index is 14.1. The van der Waals surface area contributed by atoms with Gasteiger partial charge >= 0.3 is 0 Å². The van der Waals surface area contributed by atoms with E-state index in [0.717, 1.165) is 24.2 Å². The zero-order valence-electron chi connectivity index (χ0n) is 25.2. The predicted molar refractivity (Wildman–Crippen MR) is 163 cm³/mol. The number of carbonyl (C=O) groups excluding carboxylic acids is 2. The average Bonchev–Trinajstić information content (AvgIpc) is 3.52. The van der Waals surface area contributed by atoms with E-state index in [0.29, 0.717) is 49.1 Å². The Morgan fingerprint density at radius 1 is 0.955 bits per heavy atom. The highest BCUT2D eigenvalue weighted by Gasteiger charge is 2.35. The van der Waals surface area contributed by atoms with Crippen molar-refractivity contribution in [3.05, 3.63) is 89.2 Å². The van der Waals surface area contributed by atoms with Crippen molar-refractivity contribution in [2.45, 2.75) is 12.5 Å². The summed E-state index contributed by atoms with van der Waals surface area (Å²) in [6.07, 6.45) is 0.423. The fraction of sp³-hybridized carbons (Fsp3) is 0.364. The van der Waals surface area contributed by atoms with Crippen molar-refractivity contribution in [1.82, 2.24) is 14.8 Å². The fourth-order valence-corrected chi connectivity index (χ4v) is 5.40. The van der Waals surface area contributed by atoms with E-state index in [1.165, 1.54) is 28.1 Å². The Bertz CT molecular complexity index is 1490. The van der Waals surface area contributed by atoms with Crippen LogP contribution in [-0.4, -0.2) is 99.6 Å². The molecular formula is C33H37FN4O6. The van der Waals surface area contributed by atoms with Gasteiger partial charge in [-0.3, -0.25) is 14.5 Å². The summed E-state index contributed by atoms with van der Waals surface area (Å²) in [5.74, 6) is 0.594. The predicted octanol–water partition coefficient (Wildman–Crippen LogP) is 4.00. The molecule has 1 fully saturated rings. The highest BCUT2D eigenvalue weighted by Crippen LogP contribution is 2.36. The molecule has 0 saturated carbocycles. The summed E-state index contributed by atoms with van der Waals surface area (Å²) < 4.78 is 35.8. The van der Waals surface area contributed by atoms with Crippen LogP contribution in [0.15, 0.2) is 71.8 Å². The number of hydrogen-bond acceptors (Lipinski definition) is 8. The van der Waals surface area contributed by atoms with E-state index < -0.39 is 17.8 Å². The highest BCUT2D eigenvalue weighted by atomic mass is 19.1. The maximum Gasteiger partial charge on any atom is 0.262 e. The van der Waals surface area contributed by atoms with Crippen molar-refractivity contribution in [1.29, 1.82) is 0 Å². The van der Waals surface area contributed by atoms with E-state index in [9.17, 15) is 14.0 Å². The molecule has 0 unspecified atom stereocenters. The number of rotatable bonds is 11. The number of ether oxygens (including phenoxy) is 4. The normalized spacial score (nSPS) is 16.8. The monoisotopic (exact) mass is 604 g/mol. The summed E-state index contributed by atoms with van der Waals surface area (Å²) in [7, 11) is 4.75. The van der Waals surface area contributed by atoms with Crippen LogP contribution in [0.1, 0.15) is 33.9 Å². The number of hydrazone groups is 1. The van der Waals surface area contributed by atoms with E-state index >= 15 is 0 Å². The molecule has 1 atom stereocenters. The van der Waals surface area contributed by atoms with Gasteiger partial charge in [0, 0.05) is 49.8 Å². The Balaban J connectivity index is 1.45. The molecule has 2 heterocycles. The van der Waals surface area contributed by atoms with Crippen molar-refractivity contribution in [3.8, 4) is 17.2 Å². The van der Waals surface area contributed by atoms with E-state index in [2.05, 4.69) is 4.90 Å². The zero-order chi connectivity index (χ0) is 31.1. The van der Waals surface area contributed by atoms with Crippen LogP contribution in [0.25, 0.3) is 0 Å². The van der Waals surface area contributed by atoms with Crippen LogP contribution in [0.3, 0.4) is 0 Å². The molecule has 3 aromatic rings. The number of morpholine rings is 1. The number of benzene rings is 3. The van der Waals surface area contributed by atoms with Crippen LogP contribution in [0.5, 0.6) is 17.2 Å². The number of amides is 2. The molecule has 2 amide bonds. The molecule has 2 aliphatic rings. The first-order chi connectivity index (χ1) is 21.4. The summed E-state index contributed by atoms with van der Waals surface area (Å²) in [5.41, 5.74) is 2.44. The minimum Gasteiger partial charge on any atom is -0.497 e. The fourth-order valence-electron chi connectivity index (χ4n) is 5.40. The van der Waals surface area contributed by atoms with Crippen LogP contribution in [0.2, 0.25) is 0 Å². The molecule has 10 nitrogen and oxygen atoms in total. The molecule has 3 aromatic carbocycles. The van der Waals surface area contributed by atoms with Crippen LogP contribution in [0, 0.1) is 5.82 Å². The number of halogens is 1. The molecule has 0 aliphatic carbocycles. The Labute approximate surface area is 256 Å². The van der Waals surface area contributed by atoms with E-state index in [4.69, 9.17) is 24.0 Å². The summed E-state index contributed by atoms with van der Waals surface area (Å²) in [5, 5.41) is 6.24. The molecule has 5 rings (SSSR count). The molecule has 0 aromatic heterocycles. The minimum atomic E-state index is -0.517. The van der Waals surface area contributed by atoms with Gasteiger partial charge in [0.25, 0.3) is 11.8 Å². The quantitative estimate of drug-likeness (QED) is 0.327. The van der Waals surface area contributed by atoms with Gasteiger partial charge in [-0.15, -0.1) is 0 Å². The molecule has 232 valence electrons. The molecule has 44 heavy (non-hydrogen) atoms. The van der Waals surface area contributed by atoms with Crippen LogP contribution in [-0.2, 0) is 9.53 Å². The standard InChI is InChI=1S/C33H37FN4O6/c1-41-26-9-7-23(8-10-26)30-21-29(28-12-11-27(42-2)20-31(28)43-3)35-38(30)32(39)22-37(14-13-36-15-17-44-18-16-36)33(40)24-5-4-6-25(34)19-24/h4-12,19-20,30H,13-18,21-22H2,1-3H3/t30-/m0/s1. The van der Waals surface area contributed by atoms with Gasteiger partial charge in [0.05, 0.1) is 46.3 Å². The third-order valence-electron chi connectivity index (χ3n) is 7.86. The Morgan fingerprint density at radius 3 is 2.36 bits per heavy atom.